The SMILES string of the molecule is COC(=O)c1cc([N+](=O)[O-])c(N)c(Cl)c1Nc1ccccc1. The number of nitrogens with one attached hydrogen (secondary N) is 1. The maximum absolute atomic E-state index is 11.9. The third kappa shape index (κ3) is 2.94. The van der Waals surface area contributed by atoms with Crippen molar-refractivity contribution in [1.82, 2.24) is 0 Å². The third-order valence-corrected chi connectivity index (χ3v) is 3.32. The lowest BCUT2D eigenvalue weighted by atomic mass is 10.1. The van der Waals surface area contributed by atoms with Crippen LogP contribution >= 0.6 is 11.6 Å². The summed E-state index contributed by atoms with van der Waals surface area (Å²) in [4.78, 5) is 22.2. The molecular formula is C14H12ClN3O4. The smallest absolute Gasteiger partial charge is 0.340 e. The Kier molecular flexibility index (Phi) is 4.47. The van der Waals surface area contributed by atoms with Gasteiger partial charge in [-0.25, -0.2) is 4.79 Å². The molecular weight excluding hydrogens is 310 g/mol. The molecule has 114 valence electrons. The van der Waals surface area contributed by atoms with Gasteiger partial charge in [0.1, 0.15) is 5.69 Å². The number of anilines is 3. The average Bonchev–Trinajstić information content (AvgIpc) is 2.52. The summed E-state index contributed by atoms with van der Waals surface area (Å²) in [5, 5.41) is 13.8. The van der Waals surface area contributed by atoms with Gasteiger partial charge in [0.25, 0.3) is 5.69 Å². The minimum atomic E-state index is -0.761. The fraction of sp³-hybridized carbons (Fsp3) is 0.0714. The summed E-state index contributed by atoms with van der Waals surface area (Å²) in [6.45, 7) is 0. The van der Waals surface area contributed by atoms with Gasteiger partial charge < -0.3 is 15.8 Å². The number of nitro benzene ring substituents is 1. The molecule has 7 nitrogen and oxygen atoms in total. The quantitative estimate of drug-likeness (QED) is 0.387. The van der Waals surface area contributed by atoms with E-state index in [9.17, 15) is 14.9 Å². The molecule has 2 rings (SSSR count). The van der Waals surface area contributed by atoms with E-state index in [-0.39, 0.29) is 22.0 Å². The lowest BCUT2D eigenvalue weighted by molar-refractivity contribution is -0.383. The van der Waals surface area contributed by atoms with Crippen molar-refractivity contribution in [3.05, 3.63) is 57.1 Å². The minimum absolute atomic E-state index is 0.0720. The van der Waals surface area contributed by atoms with Crippen LogP contribution < -0.4 is 11.1 Å². The zero-order chi connectivity index (χ0) is 16.3. The van der Waals surface area contributed by atoms with Gasteiger partial charge in [0.2, 0.25) is 0 Å². The molecule has 2 aromatic rings. The van der Waals surface area contributed by atoms with Crippen molar-refractivity contribution in [2.75, 3.05) is 18.2 Å². The van der Waals surface area contributed by atoms with Gasteiger partial charge >= 0.3 is 5.97 Å². The van der Waals surface area contributed by atoms with E-state index in [0.29, 0.717) is 5.69 Å². The van der Waals surface area contributed by atoms with Crippen molar-refractivity contribution in [2.24, 2.45) is 0 Å². The van der Waals surface area contributed by atoms with Crippen molar-refractivity contribution >= 4 is 40.3 Å². The Hall–Kier alpha value is -2.80. The van der Waals surface area contributed by atoms with Crippen LogP contribution in [0.1, 0.15) is 10.4 Å². The second-order valence-electron chi connectivity index (χ2n) is 4.29. The number of hydrogen-bond acceptors (Lipinski definition) is 6. The molecule has 0 unspecified atom stereocenters. The van der Waals surface area contributed by atoms with Crippen LogP contribution in [-0.4, -0.2) is 18.0 Å². The molecule has 0 aliphatic rings. The van der Waals surface area contributed by atoms with Crippen LogP contribution in [0.5, 0.6) is 0 Å². The summed E-state index contributed by atoms with van der Waals surface area (Å²) in [5.41, 5.74) is 5.73. The van der Waals surface area contributed by atoms with Crippen LogP contribution in [0.4, 0.5) is 22.7 Å². The minimum Gasteiger partial charge on any atom is -0.465 e. The summed E-state index contributed by atoms with van der Waals surface area (Å²) in [6, 6.07) is 9.91. The molecule has 0 atom stereocenters. The van der Waals surface area contributed by atoms with Crippen LogP contribution in [0.3, 0.4) is 0 Å². The number of nitrogens with two attached hydrogens (primary N) is 1. The molecule has 0 aliphatic carbocycles. The van der Waals surface area contributed by atoms with E-state index in [0.717, 1.165) is 6.07 Å². The number of carbonyl (C=O) groups excluding carboxylic acids is 1. The number of benzene rings is 2. The molecule has 0 radical (unpaired) electrons. The highest BCUT2D eigenvalue weighted by atomic mass is 35.5. The van der Waals surface area contributed by atoms with Gasteiger partial charge in [0, 0.05) is 11.8 Å². The van der Waals surface area contributed by atoms with Gasteiger partial charge in [-0.2, -0.15) is 0 Å². The average molecular weight is 322 g/mol. The topological polar surface area (TPSA) is 107 Å². The molecule has 0 saturated carbocycles. The first-order valence-corrected chi connectivity index (χ1v) is 6.50. The number of halogens is 1. The van der Waals surface area contributed by atoms with E-state index < -0.39 is 16.6 Å². The first kappa shape index (κ1) is 15.6. The van der Waals surface area contributed by atoms with E-state index in [2.05, 4.69) is 10.1 Å². The fourth-order valence-electron chi connectivity index (χ4n) is 1.86. The van der Waals surface area contributed by atoms with Crippen molar-refractivity contribution < 1.29 is 14.5 Å². The van der Waals surface area contributed by atoms with Crippen molar-refractivity contribution in [3.63, 3.8) is 0 Å². The van der Waals surface area contributed by atoms with Gasteiger partial charge in [-0.15, -0.1) is 0 Å². The Labute approximate surface area is 130 Å². The van der Waals surface area contributed by atoms with Crippen molar-refractivity contribution in [3.8, 4) is 0 Å². The van der Waals surface area contributed by atoms with Crippen LogP contribution in [-0.2, 0) is 4.74 Å². The number of ether oxygens (including phenoxy) is 1. The maximum atomic E-state index is 11.9. The molecule has 0 aliphatic heterocycles. The van der Waals surface area contributed by atoms with Gasteiger partial charge in [0.05, 0.1) is 28.3 Å². The van der Waals surface area contributed by atoms with Gasteiger partial charge in [-0.1, -0.05) is 29.8 Å². The number of hydrogen-bond donors (Lipinski definition) is 2. The molecule has 2 aromatic carbocycles. The van der Waals surface area contributed by atoms with Crippen molar-refractivity contribution in [1.29, 1.82) is 0 Å². The second-order valence-corrected chi connectivity index (χ2v) is 4.66. The summed E-state index contributed by atoms with van der Waals surface area (Å²) in [6.07, 6.45) is 0. The van der Waals surface area contributed by atoms with Gasteiger partial charge in [-0.3, -0.25) is 10.1 Å². The Morgan fingerprint density at radius 3 is 2.55 bits per heavy atom. The number of rotatable bonds is 4. The first-order chi connectivity index (χ1) is 10.5. The van der Waals surface area contributed by atoms with Crippen LogP contribution in [0.15, 0.2) is 36.4 Å². The molecule has 22 heavy (non-hydrogen) atoms. The number of methoxy groups -OCH3 is 1. The number of carbonyl (C=O) groups is 1. The highest BCUT2D eigenvalue weighted by Gasteiger charge is 2.25. The molecule has 0 saturated heterocycles. The van der Waals surface area contributed by atoms with Gasteiger partial charge in [0.15, 0.2) is 0 Å². The lowest BCUT2D eigenvalue weighted by Gasteiger charge is -2.14. The highest BCUT2D eigenvalue weighted by Crippen LogP contribution is 2.40. The number of nitro groups is 1. The third-order valence-electron chi connectivity index (χ3n) is 2.93. The zero-order valence-corrected chi connectivity index (χ0v) is 12.3. The summed E-state index contributed by atoms with van der Waals surface area (Å²) >= 11 is 6.10. The lowest BCUT2D eigenvalue weighted by Crippen LogP contribution is -2.09. The molecule has 0 spiro atoms. The van der Waals surface area contributed by atoms with E-state index in [1.165, 1.54) is 7.11 Å². The molecule has 0 fully saturated rings. The summed E-state index contributed by atoms with van der Waals surface area (Å²) in [5.74, 6) is -0.761. The standard InChI is InChI=1S/C14H12ClN3O4/c1-22-14(19)9-7-10(18(20)21)12(16)11(15)13(9)17-8-5-3-2-4-6-8/h2-7,17H,16H2,1H3. The molecule has 3 N–H and O–H groups in total. The number of nitrogen functional groups attached to an aromatic ring is 1. The predicted molar refractivity (Wildman–Crippen MR) is 83.6 cm³/mol. The maximum Gasteiger partial charge on any atom is 0.340 e. The summed E-state index contributed by atoms with van der Waals surface area (Å²) < 4.78 is 4.64. The van der Waals surface area contributed by atoms with E-state index in [1.54, 1.807) is 24.3 Å². The predicted octanol–water partition coefficient (Wildman–Crippen LogP) is 3.36. The van der Waals surface area contributed by atoms with Crippen molar-refractivity contribution in [2.45, 2.75) is 0 Å². The Bertz CT molecular complexity index is 735. The first-order valence-electron chi connectivity index (χ1n) is 6.12. The largest absolute Gasteiger partial charge is 0.465 e. The zero-order valence-electron chi connectivity index (χ0n) is 11.5. The van der Waals surface area contributed by atoms with Gasteiger partial charge in [-0.05, 0) is 12.1 Å². The van der Waals surface area contributed by atoms with Crippen LogP contribution in [0, 0.1) is 10.1 Å². The fourth-order valence-corrected chi connectivity index (χ4v) is 2.11. The Morgan fingerprint density at radius 1 is 1.36 bits per heavy atom. The Balaban J connectivity index is 2.62. The normalized spacial score (nSPS) is 10.1. The molecule has 0 amide bonds. The number of esters is 1. The number of nitrogens with zero attached hydrogens (tertiary/aromatic N) is 1. The Morgan fingerprint density at radius 2 is 2.00 bits per heavy atom. The molecule has 0 aromatic heterocycles. The monoisotopic (exact) mass is 321 g/mol. The van der Waals surface area contributed by atoms with Crippen LogP contribution in [0.2, 0.25) is 5.02 Å². The highest BCUT2D eigenvalue weighted by molar-refractivity contribution is 6.37. The second kappa shape index (κ2) is 6.31. The molecule has 0 heterocycles. The molecule has 8 heteroatoms. The van der Waals surface area contributed by atoms with E-state index in [1.807, 2.05) is 6.07 Å². The van der Waals surface area contributed by atoms with Crippen LogP contribution in [0.25, 0.3) is 0 Å². The number of para-hydroxylation sites is 1. The summed E-state index contributed by atoms with van der Waals surface area (Å²) in [7, 11) is 1.17. The molecule has 0 bridgehead atoms. The van der Waals surface area contributed by atoms with E-state index in [4.69, 9.17) is 17.3 Å². The van der Waals surface area contributed by atoms with E-state index >= 15 is 0 Å².